The zero-order chi connectivity index (χ0) is 18.7. The molecule has 0 aliphatic carbocycles. The van der Waals surface area contributed by atoms with Gasteiger partial charge in [-0.25, -0.2) is 14.3 Å². The van der Waals surface area contributed by atoms with E-state index in [2.05, 4.69) is 15.4 Å². The predicted molar refractivity (Wildman–Crippen MR) is 102 cm³/mol. The summed E-state index contributed by atoms with van der Waals surface area (Å²) in [7, 11) is 0. The molecule has 1 atom stereocenters. The summed E-state index contributed by atoms with van der Waals surface area (Å²) in [5, 5.41) is 26.7. The van der Waals surface area contributed by atoms with E-state index in [1.165, 1.54) is 11.3 Å². The summed E-state index contributed by atoms with van der Waals surface area (Å²) in [4.78, 5) is 15.8. The van der Waals surface area contributed by atoms with Crippen molar-refractivity contribution >= 4 is 33.5 Å². The van der Waals surface area contributed by atoms with Crippen LogP contribution in [-0.4, -0.2) is 43.4 Å². The lowest BCUT2D eigenvalue weighted by Crippen LogP contribution is -2.29. The number of nitrogens with zero attached hydrogens (tertiary/aromatic N) is 3. The van der Waals surface area contributed by atoms with E-state index >= 15 is 0 Å². The number of carboxylic acid groups (broad SMARTS) is 1. The van der Waals surface area contributed by atoms with Crippen LogP contribution in [0.5, 0.6) is 0 Å². The third-order valence-electron chi connectivity index (χ3n) is 4.02. The molecule has 0 aliphatic rings. The molecule has 7 nitrogen and oxygen atoms in total. The smallest absolute Gasteiger partial charge is 0.328 e. The van der Waals surface area contributed by atoms with E-state index in [1.807, 2.05) is 38.1 Å². The number of aliphatic hydroxyl groups is 1. The Balaban J connectivity index is 1.85. The Hall–Kier alpha value is -2.71. The number of fused-ring (bicyclic) bond motifs is 1. The van der Waals surface area contributed by atoms with Crippen LogP contribution >= 0.6 is 11.3 Å². The number of carboxylic acids is 1. The van der Waals surface area contributed by atoms with Gasteiger partial charge in [-0.2, -0.15) is 0 Å². The van der Waals surface area contributed by atoms with Crippen LogP contribution in [0.1, 0.15) is 19.4 Å². The van der Waals surface area contributed by atoms with Crippen LogP contribution in [0.25, 0.3) is 22.3 Å². The summed E-state index contributed by atoms with van der Waals surface area (Å²) >= 11 is 1.43. The fraction of sp³-hybridized carbons (Fsp3) is 0.278. The molecule has 26 heavy (non-hydrogen) atoms. The van der Waals surface area contributed by atoms with Crippen molar-refractivity contribution < 1.29 is 15.0 Å². The number of benzene rings is 1. The second kappa shape index (κ2) is 7.67. The molecule has 3 aromatic rings. The number of aromatic nitrogens is 3. The third-order valence-corrected chi connectivity index (χ3v) is 4.87. The first-order valence-corrected chi connectivity index (χ1v) is 9.03. The van der Waals surface area contributed by atoms with E-state index in [0.29, 0.717) is 5.13 Å². The highest BCUT2D eigenvalue weighted by molar-refractivity contribution is 7.20. The van der Waals surface area contributed by atoms with Crippen LogP contribution in [0.15, 0.2) is 36.5 Å². The maximum atomic E-state index is 10.6. The highest BCUT2D eigenvalue weighted by Gasteiger charge is 2.16. The standard InChI is InChI=1S/C18H20N4O3S/c1-11(2)14(10-23)20-17-21-22-15(9-19-18(22)26-17)13-6-3-12(4-7-13)5-8-16(24)25/h3-9,11,14,23H,10H2,1-2H3,(H,20,21)(H,24,25)/t14-/m1/s1. The van der Waals surface area contributed by atoms with Crippen molar-refractivity contribution in [2.24, 2.45) is 5.92 Å². The lowest BCUT2D eigenvalue weighted by Gasteiger charge is -2.18. The Morgan fingerprint density at radius 1 is 1.35 bits per heavy atom. The van der Waals surface area contributed by atoms with E-state index in [1.54, 1.807) is 16.8 Å². The molecule has 3 rings (SSSR count). The van der Waals surface area contributed by atoms with E-state index < -0.39 is 5.97 Å². The van der Waals surface area contributed by atoms with E-state index in [9.17, 15) is 9.90 Å². The van der Waals surface area contributed by atoms with Crippen molar-refractivity contribution in [2.45, 2.75) is 19.9 Å². The van der Waals surface area contributed by atoms with Crippen molar-refractivity contribution in [3.63, 3.8) is 0 Å². The first kappa shape index (κ1) is 18.1. The second-order valence-corrected chi connectivity index (χ2v) is 7.17. The molecule has 0 radical (unpaired) electrons. The average Bonchev–Trinajstić information content (AvgIpc) is 3.18. The molecule has 2 heterocycles. The van der Waals surface area contributed by atoms with Gasteiger partial charge in [0.1, 0.15) is 0 Å². The van der Waals surface area contributed by atoms with Crippen LogP contribution in [0.2, 0.25) is 0 Å². The molecule has 136 valence electrons. The maximum absolute atomic E-state index is 10.6. The molecule has 0 saturated heterocycles. The van der Waals surface area contributed by atoms with Gasteiger partial charge in [-0.05, 0) is 17.6 Å². The fourth-order valence-corrected chi connectivity index (χ4v) is 3.30. The van der Waals surface area contributed by atoms with Gasteiger partial charge in [-0.3, -0.25) is 0 Å². The summed E-state index contributed by atoms with van der Waals surface area (Å²) in [5.74, 6) is -0.696. The number of imidazole rings is 1. The SMILES string of the molecule is CC(C)[C@@H](CO)Nc1nn2c(-c3ccc(C=CC(=O)O)cc3)cnc2s1. The Kier molecular flexibility index (Phi) is 5.34. The molecule has 1 aromatic carbocycles. The summed E-state index contributed by atoms with van der Waals surface area (Å²) in [6, 6.07) is 7.44. The highest BCUT2D eigenvalue weighted by atomic mass is 32.1. The summed E-state index contributed by atoms with van der Waals surface area (Å²) < 4.78 is 1.77. The van der Waals surface area contributed by atoms with Crippen LogP contribution < -0.4 is 5.32 Å². The molecule has 2 aromatic heterocycles. The minimum Gasteiger partial charge on any atom is -0.478 e. The van der Waals surface area contributed by atoms with Gasteiger partial charge in [0.15, 0.2) is 0 Å². The van der Waals surface area contributed by atoms with Crippen molar-refractivity contribution in [3.05, 3.63) is 42.1 Å². The number of nitrogens with one attached hydrogen (secondary N) is 1. The number of aliphatic hydroxyl groups excluding tert-OH is 1. The number of hydrogen-bond acceptors (Lipinski definition) is 6. The first-order valence-electron chi connectivity index (χ1n) is 8.21. The minimum atomic E-state index is -0.975. The average molecular weight is 372 g/mol. The molecule has 0 aliphatic heterocycles. The quantitative estimate of drug-likeness (QED) is 0.551. The Bertz CT molecular complexity index is 928. The molecular formula is C18H20N4O3S. The predicted octanol–water partition coefficient (Wildman–Crippen LogP) is 2.98. The van der Waals surface area contributed by atoms with Crippen molar-refractivity contribution in [2.75, 3.05) is 11.9 Å². The normalized spacial score (nSPS) is 12.9. The first-order chi connectivity index (χ1) is 12.5. The number of carbonyl (C=O) groups is 1. The third kappa shape index (κ3) is 3.92. The number of hydrogen-bond donors (Lipinski definition) is 3. The lowest BCUT2D eigenvalue weighted by atomic mass is 10.1. The molecule has 0 bridgehead atoms. The molecule has 0 amide bonds. The minimum absolute atomic E-state index is 0.0394. The number of anilines is 1. The van der Waals surface area contributed by atoms with E-state index in [4.69, 9.17) is 5.11 Å². The Morgan fingerprint density at radius 2 is 2.08 bits per heavy atom. The number of aliphatic carboxylic acids is 1. The molecule has 0 saturated carbocycles. The molecular weight excluding hydrogens is 352 g/mol. The summed E-state index contributed by atoms with van der Waals surface area (Å²) in [5.41, 5.74) is 2.59. The fourth-order valence-electron chi connectivity index (χ4n) is 2.46. The van der Waals surface area contributed by atoms with Crippen LogP contribution in [-0.2, 0) is 4.79 Å². The van der Waals surface area contributed by atoms with Crippen LogP contribution in [0, 0.1) is 5.92 Å². The van der Waals surface area contributed by atoms with Crippen molar-refractivity contribution in [1.82, 2.24) is 14.6 Å². The molecule has 0 spiro atoms. The van der Waals surface area contributed by atoms with E-state index in [-0.39, 0.29) is 18.6 Å². The van der Waals surface area contributed by atoms with Gasteiger partial charge in [0.05, 0.1) is 24.5 Å². The maximum Gasteiger partial charge on any atom is 0.328 e. The van der Waals surface area contributed by atoms with Crippen LogP contribution in [0.3, 0.4) is 0 Å². The zero-order valence-electron chi connectivity index (χ0n) is 14.5. The van der Waals surface area contributed by atoms with Gasteiger partial charge in [-0.1, -0.05) is 49.4 Å². The Morgan fingerprint density at radius 3 is 2.69 bits per heavy atom. The summed E-state index contributed by atoms with van der Waals surface area (Å²) in [6.07, 6.45) is 4.41. The molecule has 0 fully saturated rings. The van der Waals surface area contributed by atoms with Gasteiger partial charge < -0.3 is 15.5 Å². The largest absolute Gasteiger partial charge is 0.478 e. The van der Waals surface area contributed by atoms with Gasteiger partial charge in [0.25, 0.3) is 0 Å². The number of rotatable bonds is 7. The van der Waals surface area contributed by atoms with Gasteiger partial charge >= 0.3 is 5.97 Å². The van der Waals surface area contributed by atoms with Gasteiger partial charge in [0.2, 0.25) is 10.1 Å². The topological polar surface area (TPSA) is 99.8 Å². The molecule has 0 unspecified atom stereocenters. The lowest BCUT2D eigenvalue weighted by molar-refractivity contribution is -0.131. The Labute approximate surface area is 154 Å². The summed E-state index contributed by atoms with van der Waals surface area (Å²) in [6.45, 7) is 4.12. The second-order valence-electron chi connectivity index (χ2n) is 6.22. The monoisotopic (exact) mass is 372 g/mol. The van der Waals surface area contributed by atoms with Crippen molar-refractivity contribution in [3.8, 4) is 11.3 Å². The molecule has 8 heteroatoms. The van der Waals surface area contributed by atoms with Crippen LogP contribution in [0.4, 0.5) is 5.13 Å². The van der Waals surface area contributed by atoms with Gasteiger partial charge in [0, 0.05) is 11.6 Å². The highest BCUT2D eigenvalue weighted by Crippen LogP contribution is 2.27. The molecule has 3 N–H and O–H groups in total. The van der Waals surface area contributed by atoms with Gasteiger partial charge in [-0.15, -0.1) is 5.10 Å². The van der Waals surface area contributed by atoms with Crippen molar-refractivity contribution in [1.29, 1.82) is 0 Å². The zero-order valence-corrected chi connectivity index (χ0v) is 15.3. The van der Waals surface area contributed by atoms with E-state index in [0.717, 1.165) is 27.9 Å².